The maximum Gasteiger partial charge on any atom is 0.337 e. The zero-order valence-corrected chi connectivity index (χ0v) is 10.1. The smallest absolute Gasteiger partial charge is 0.337 e. The number of amides is 1. The van der Waals surface area contributed by atoms with Crippen molar-refractivity contribution < 1.29 is 24.5 Å². The van der Waals surface area contributed by atoms with Gasteiger partial charge in [-0.15, -0.1) is 0 Å². The third-order valence-corrected chi connectivity index (χ3v) is 2.92. The number of hydrogen-bond donors (Lipinski definition) is 3. The summed E-state index contributed by atoms with van der Waals surface area (Å²) in [7, 11) is 0. The molecule has 1 heterocycles. The Kier molecular flexibility index (Phi) is 4.47. The third kappa shape index (κ3) is 3.67. The van der Waals surface area contributed by atoms with Crippen LogP contribution in [0.5, 0.6) is 0 Å². The number of rotatable bonds is 5. The number of carbonyl (C=O) groups is 2. The molecule has 17 heavy (non-hydrogen) atoms. The van der Waals surface area contributed by atoms with E-state index in [4.69, 9.17) is 9.84 Å². The van der Waals surface area contributed by atoms with Crippen molar-refractivity contribution in [3.05, 3.63) is 0 Å². The Balaban J connectivity index is 2.38. The fourth-order valence-electron chi connectivity index (χ4n) is 1.65. The summed E-state index contributed by atoms with van der Waals surface area (Å²) in [6.45, 7) is 2.80. The van der Waals surface area contributed by atoms with Crippen molar-refractivity contribution >= 4 is 11.9 Å². The summed E-state index contributed by atoms with van der Waals surface area (Å²) >= 11 is 0. The molecule has 0 aromatic rings. The molecule has 1 aliphatic heterocycles. The Bertz CT molecular complexity index is 302. The molecular formula is C11H19NO5. The predicted molar refractivity (Wildman–Crippen MR) is 59.5 cm³/mol. The van der Waals surface area contributed by atoms with Crippen molar-refractivity contribution in [2.24, 2.45) is 0 Å². The van der Waals surface area contributed by atoms with E-state index in [0.29, 0.717) is 6.42 Å². The van der Waals surface area contributed by atoms with Gasteiger partial charge in [0.25, 0.3) is 0 Å². The lowest BCUT2D eigenvalue weighted by atomic mass is 10.1. The quantitative estimate of drug-likeness (QED) is 0.628. The molecule has 0 aromatic heterocycles. The number of nitrogens with one attached hydrogen (secondary N) is 1. The molecule has 1 amide bonds. The molecule has 1 saturated heterocycles. The number of carboxylic acid groups (broad SMARTS) is 1. The van der Waals surface area contributed by atoms with Gasteiger partial charge in [-0.3, -0.25) is 4.79 Å². The van der Waals surface area contributed by atoms with Crippen LogP contribution < -0.4 is 5.32 Å². The second kappa shape index (κ2) is 5.46. The van der Waals surface area contributed by atoms with Crippen molar-refractivity contribution in [1.82, 2.24) is 5.32 Å². The van der Waals surface area contributed by atoms with Gasteiger partial charge < -0.3 is 20.3 Å². The minimum absolute atomic E-state index is 0.103. The highest BCUT2D eigenvalue weighted by Crippen LogP contribution is 2.21. The van der Waals surface area contributed by atoms with Crippen molar-refractivity contribution in [3.8, 4) is 0 Å². The van der Waals surface area contributed by atoms with Crippen LogP contribution in [0.3, 0.4) is 0 Å². The van der Waals surface area contributed by atoms with Gasteiger partial charge in [0.05, 0.1) is 12.6 Å². The Hall–Kier alpha value is -1.14. The van der Waals surface area contributed by atoms with Crippen LogP contribution in [0.4, 0.5) is 0 Å². The second-order valence-electron chi connectivity index (χ2n) is 4.53. The molecule has 1 fully saturated rings. The second-order valence-corrected chi connectivity index (χ2v) is 4.53. The van der Waals surface area contributed by atoms with Crippen LogP contribution in [0.2, 0.25) is 0 Å². The van der Waals surface area contributed by atoms with Gasteiger partial charge in [0.1, 0.15) is 6.10 Å². The highest BCUT2D eigenvalue weighted by Gasteiger charge is 2.34. The van der Waals surface area contributed by atoms with E-state index in [1.54, 1.807) is 0 Å². The highest BCUT2D eigenvalue weighted by atomic mass is 16.5. The average Bonchev–Trinajstić information content (AvgIpc) is 2.74. The molecule has 0 bridgehead atoms. The van der Waals surface area contributed by atoms with Crippen molar-refractivity contribution in [3.63, 3.8) is 0 Å². The topological polar surface area (TPSA) is 95.9 Å². The SMILES string of the molecule is CCC1CCC(C(=O)NCC(C)(O)C(=O)O)O1. The van der Waals surface area contributed by atoms with E-state index in [9.17, 15) is 14.7 Å². The first-order valence-electron chi connectivity index (χ1n) is 5.75. The summed E-state index contributed by atoms with van der Waals surface area (Å²) in [5, 5.41) is 20.5. The number of ether oxygens (including phenoxy) is 1. The molecule has 1 aliphatic rings. The van der Waals surface area contributed by atoms with Crippen LogP contribution in [-0.4, -0.2) is 46.4 Å². The molecule has 0 aromatic carbocycles. The molecule has 0 radical (unpaired) electrons. The summed E-state index contributed by atoms with van der Waals surface area (Å²) in [4.78, 5) is 22.3. The fourth-order valence-corrected chi connectivity index (χ4v) is 1.65. The summed E-state index contributed by atoms with van der Waals surface area (Å²) < 4.78 is 5.46. The van der Waals surface area contributed by atoms with E-state index < -0.39 is 17.7 Å². The van der Waals surface area contributed by atoms with Gasteiger partial charge in [-0.05, 0) is 26.2 Å². The number of aliphatic hydroxyl groups is 1. The van der Waals surface area contributed by atoms with Crippen LogP contribution in [-0.2, 0) is 14.3 Å². The standard InChI is InChI=1S/C11H19NO5/c1-3-7-4-5-8(17-7)9(13)12-6-11(2,16)10(14)15/h7-8,16H,3-6H2,1-2H3,(H,12,13)(H,14,15). The third-order valence-electron chi connectivity index (χ3n) is 2.92. The Labute approximate surface area is 100.0 Å². The summed E-state index contributed by atoms with van der Waals surface area (Å²) in [5.74, 6) is -1.72. The van der Waals surface area contributed by atoms with Crippen LogP contribution in [0.25, 0.3) is 0 Å². The Morgan fingerprint density at radius 1 is 1.47 bits per heavy atom. The Morgan fingerprint density at radius 2 is 2.12 bits per heavy atom. The molecule has 0 aliphatic carbocycles. The first-order chi connectivity index (χ1) is 7.86. The lowest BCUT2D eigenvalue weighted by molar-refractivity contribution is -0.156. The zero-order chi connectivity index (χ0) is 13.1. The van der Waals surface area contributed by atoms with E-state index in [-0.39, 0.29) is 18.6 Å². The first-order valence-corrected chi connectivity index (χ1v) is 5.75. The van der Waals surface area contributed by atoms with E-state index in [1.165, 1.54) is 0 Å². The van der Waals surface area contributed by atoms with Gasteiger partial charge >= 0.3 is 5.97 Å². The lowest BCUT2D eigenvalue weighted by Gasteiger charge is -2.20. The number of aliphatic carboxylic acids is 1. The molecule has 98 valence electrons. The molecule has 3 N–H and O–H groups in total. The number of hydrogen-bond acceptors (Lipinski definition) is 4. The average molecular weight is 245 g/mol. The lowest BCUT2D eigenvalue weighted by Crippen LogP contribution is -2.48. The molecule has 1 rings (SSSR count). The minimum Gasteiger partial charge on any atom is -0.479 e. The molecule has 0 spiro atoms. The monoisotopic (exact) mass is 245 g/mol. The summed E-state index contributed by atoms with van der Waals surface area (Å²) in [5.41, 5.74) is -1.95. The van der Waals surface area contributed by atoms with Crippen LogP contribution in [0.15, 0.2) is 0 Å². The van der Waals surface area contributed by atoms with Gasteiger partial charge in [-0.1, -0.05) is 6.92 Å². The Morgan fingerprint density at radius 3 is 2.59 bits per heavy atom. The van der Waals surface area contributed by atoms with Gasteiger partial charge in [0.2, 0.25) is 5.91 Å². The maximum atomic E-state index is 11.6. The number of carbonyl (C=O) groups excluding carboxylic acids is 1. The van der Waals surface area contributed by atoms with Crippen molar-refractivity contribution in [1.29, 1.82) is 0 Å². The maximum absolute atomic E-state index is 11.6. The van der Waals surface area contributed by atoms with Gasteiger partial charge in [-0.25, -0.2) is 4.79 Å². The minimum atomic E-state index is -1.95. The largest absolute Gasteiger partial charge is 0.479 e. The van der Waals surface area contributed by atoms with Gasteiger partial charge in [-0.2, -0.15) is 0 Å². The molecule has 3 atom stereocenters. The molecule has 6 nitrogen and oxygen atoms in total. The predicted octanol–water partition coefficient (Wildman–Crippen LogP) is -0.104. The summed E-state index contributed by atoms with van der Waals surface area (Å²) in [6.07, 6.45) is 1.91. The van der Waals surface area contributed by atoms with E-state index in [2.05, 4.69) is 5.32 Å². The van der Waals surface area contributed by atoms with E-state index >= 15 is 0 Å². The molecule has 3 unspecified atom stereocenters. The number of carboxylic acids is 1. The molecular weight excluding hydrogens is 226 g/mol. The van der Waals surface area contributed by atoms with Crippen molar-refractivity contribution in [2.45, 2.75) is 50.9 Å². The highest BCUT2D eigenvalue weighted by molar-refractivity contribution is 5.83. The van der Waals surface area contributed by atoms with E-state index in [1.807, 2.05) is 6.92 Å². The van der Waals surface area contributed by atoms with Crippen LogP contribution in [0.1, 0.15) is 33.1 Å². The van der Waals surface area contributed by atoms with Crippen LogP contribution >= 0.6 is 0 Å². The van der Waals surface area contributed by atoms with Gasteiger partial charge in [0.15, 0.2) is 5.60 Å². The van der Waals surface area contributed by atoms with E-state index in [0.717, 1.165) is 19.8 Å². The zero-order valence-electron chi connectivity index (χ0n) is 10.1. The molecule has 6 heteroatoms. The summed E-state index contributed by atoms with van der Waals surface area (Å²) in [6, 6.07) is 0. The van der Waals surface area contributed by atoms with Crippen LogP contribution in [0, 0.1) is 0 Å². The normalized spacial score (nSPS) is 27.5. The van der Waals surface area contributed by atoms with Gasteiger partial charge in [0, 0.05) is 0 Å². The first kappa shape index (κ1) is 13.9. The fraction of sp³-hybridized carbons (Fsp3) is 0.818. The molecule has 0 saturated carbocycles. The van der Waals surface area contributed by atoms with Crippen molar-refractivity contribution in [2.75, 3.05) is 6.54 Å².